The normalized spacial score (nSPS) is 15.3. The Bertz CT molecular complexity index is 1220. The van der Waals surface area contributed by atoms with E-state index in [0.717, 1.165) is 30.5 Å². The van der Waals surface area contributed by atoms with Crippen molar-refractivity contribution in [3.05, 3.63) is 89.0 Å². The van der Waals surface area contributed by atoms with E-state index in [0.29, 0.717) is 17.9 Å². The molecule has 1 amide bonds. The number of carbonyl (C=O) groups is 2. The van der Waals surface area contributed by atoms with Gasteiger partial charge in [0.25, 0.3) is 5.91 Å². The SMILES string of the molecule is CCN(C(=O)c1ccc(O)cc1)c1ccccc1[C@H]1CCc2cc(OC(=O)C(C)(C)C)ccc2C1. The van der Waals surface area contributed by atoms with Crippen LogP contribution in [0.1, 0.15) is 67.1 Å². The second-order valence-corrected chi connectivity index (χ2v) is 10.2. The molecule has 1 atom stereocenters. The standard InChI is InChI=1S/C30H33NO4/c1-5-31(28(33)20-12-15-24(32)16-13-20)27-9-7-6-8-26(27)23-11-10-22-19-25(17-14-21(22)18-23)35-29(34)30(2,3)4/h6-9,12-17,19,23,32H,5,10-11,18H2,1-4H3/t23-/m0/s1. The highest BCUT2D eigenvalue weighted by molar-refractivity contribution is 6.06. The summed E-state index contributed by atoms with van der Waals surface area (Å²) in [5, 5.41) is 9.59. The quantitative estimate of drug-likeness (QED) is 0.351. The minimum absolute atomic E-state index is 0.0820. The third-order valence-electron chi connectivity index (χ3n) is 6.57. The third-order valence-corrected chi connectivity index (χ3v) is 6.57. The molecule has 1 aliphatic carbocycles. The summed E-state index contributed by atoms with van der Waals surface area (Å²) in [7, 11) is 0. The van der Waals surface area contributed by atoms with E-state index in [1.54, 1.807) is 12.1 Å². The number of fused-ring (bicyclic) bond motifs is 1. The van der Waals surface area contributed by atoms with Gasteiger partial charge in [-0.3, -0.25) is 9.59 Å². The first-order valence-corrected chi connectivity index (χ1v) is 12.2. The maximum absolute atomic E-state index is 13.3. The summed E-state index contributed by atoms with van der Waals surface area (Å²) in [6, 6.07) is 20.5. The van der Waals surface area contributed by atoms with Crippen LogP contribution in [0.25, 0.3) is 0 Å². The molecule has 0 bridgehead atoms. The van der Waals surface area contributed by atoms with Gasteiger partial charge in [-0.1, -0.05) is 24.3 Å². The van der Waals surface area contributed by atoms with Crippen LogP contribution in [0.2, 0.25) is 0 Å². The number of hydrogen-bond donors (Lipinski definition) is 1. The smallest absolute Gasteiger partial charge is 0.316 e. The van der Waals surface area contributed by atoms with Crippen LogP contribution in [0.3, 0.4) is 0 Å². The number of nitrogens with zero attached hydrogens (tertiary/aromatic N) is 1. The molecule has 3 aromatic carbocycles. The fraction of sp³-hybridized carbons (Fsp3) is 0.333. The van der Waals surface area contributed by atoms with E-state index in [9.17, 15) is 14.7 Å². The van der Waals surface area contributed by atoms with Crippen molar-refractivity contribution in [3.63, 3.8) is 0 Å². The van der Waals surface area contributed by atoms with Gasteiger partial charge in [-0.15, -0.1) is 0 Å². The Morgan fingerprint density at radius 2 is 1.71 bits per heavy atom. The second-order valence-electron chi connectivity index (χ2n) is 10.2. The molecular formula is C30H33NO4. The summed E-state index contributed by atoms with van der Waals surface area (Å²) in [5.74, 6) is 0.698. The van der Waals surface area contributed by atoms with Gasteiger partial charge in [-0.2, -0.15) is 0 Å². The van der Waals surface area contributed by atoms with Gasteiger partial charge in [-0.25, -0.2) is 0 Å². The van der Waals surface area contributed by atoms with E-state index in [2.05, 4.69) is 12.1 Å². The Kier molecular flexibility index (Phi) is 6.97. The van der Waals surface area contributed by atoms with Crippen LogP contribution in [-0.2, 0) is 17.6 Å². The molecule has 0 fully saturated rings. The van der Waals surface area contributed by atoms with Gasteiger partial charge in [0.15, 0.2) is 0 Å². The molecule has 4 rings (SSSR count). The first-order valence-electron chi connectivity index (χ1n) is 12.2. The van der Waals surface area contributed by atoms with Gasteiger partial charge >= 0.3 is 5.97 Å². The largest absolute Gasteiger partial charge is 0.508 e. The van der Waals surface area contributed by atoms with E-state index in [1.165, 1.54) is 23.3 Å². The van der Waals surface area contributed by atoms with Crippen molar-refractivity contribution in [1.29, 1.82) is 0 Å². The van der Waals surface area contributed by atoms with Crippen molar-refractivity contribution < 1.29 is 19.4 Å². The average molecular weight is 472 g/mol. The van der Waals surface area contributed by atoms with E-state index in [1.807, 2.05) is 62.9 Å². The first kappa shape index (κ1) is 24.5. The Morgan fingerprint density at radius 3 is 2.40 bits per heavy atom. The number of phenolic OH excluding ortho intramolecular Hbond substituents is 1. The summed E-state index contributed by atoms with van der Waals surface area (Å²) in [6.45, 7) is 8.07. The highest BCUT2D eigenvalue weighted by atomic mass is 16.5. The highest BCUT2D eigenvalue weighted by Crippen LogP contribution is 2.39. The van der Waals surface area contributed by atoms with Crippen molar-refractivity contribution >= 4 is 17.6 Å². The Balaban J connectivity index is 1.57. The number of aryl methyl sites for hydroxylation is 1. The molecule has 0 unspecified atom stereocenters. The number of amides is 1. The number of ether oxygens (including phenoxy) is 1. The van der Waals surface area contributed by atoms with E-state index >= 15 is 0 Å². The molecule has 35 heavy (non-hydrogen) atoms. The molecule has 0 aliphatic heterocycles. The monoisotopic (exact) mass is 471 g/mol. The molecule has 0 radical (unpaired) electrons. The predicted molar refractivity (Wildman–Crippen MR) is 138 cm³/mol. The summed E-state index contributed by atoms with van der Waals surface area (Å²) < 4.78 is 5.60. The van der Waals surface area contributed by atoms with Gasteiger partial charge in [0.1, 0.15) is 11.5 Å². The van der Waals surface area contributed by atoms with Crippen LogP contribution in [0.15, 0.2) is 66.7 Å². The lowest BCUT2D eigenvalue weighted by atomic mass is 9.79. The maximum atomic E-state index is 13.3. The van der Waals surface area contributed by atoms with Crippen molar-refractivity contribution in [1.82, 2.24) is 0 Å². The number of anilines is 1. The van der Waals surface area contributed by atoms with Gasteiger partial charge < -0.3 is 14.7 Å². The van der Waals surface area contributed by atoms with Crippen molar-refractivity contribution in [2.45, 2.75) is 52.9 Å². The fourth-order valence-electron chi connectivity index (χ4n) is 4.58. The van der Waals surface area contributed by atoms with E-state index in [4.69, 9.17) is 4.74 Å². The summed E-state index contributed by atoms with van der Waals surface area (Å²) in [4.78, 5) is 27.4. The van der Waals surface area contributed by atoms with Crippen LogP contribution < -0.4 is 9.64 Å². The molecule has 0 saturated heterocycles. The number of benzene rings is 3. The van der Waals surface area contributed by atoms with E-state index in [-0.39, 0.29) is 23.5 Å². The zero-order chi connectivity index (χ0) is 25.2. The molecule has 0 aromatic heterocycles. The molecule has 1 N–H and O–H groups in total. The molecule has 5 heteroatoms. The van der Waals surface area contributed by atoms with Gasteiger partial charge in [-0.05, 0) is 112 Å². The van der Waals surface area contributed by atoms with Crippen molar-refractivity contribution in [3.8, 4) is 11.5 Å². The summed E-state index contributed by atoms with van der Waals surface area (Å²) >= 11 is 0. The van der Waals surface area contributed by atoms with Crippen LogP contribution >= 0.6 is 0 Å². The zero-order valence-electron chi connectivity index (χ0n) is 20.9. The van der Waals surface area contributed by atoms with Crippen LogP contribution in [0.5, 0.6) is 11.5 Å². The lowest BCUT2D eigenvalue weighted by Crippen LogP contribution is -2.32. The molecule has 3 aromatic rings. The summed E-state index contributed by atoms with van der Waals surface area (Å²) in [6.07, 6.45) is 2.70. The lowest BCUT2D eigenvalue weighted by molar-refractivity contribution is -0.143. The minimum atomic E-state index is -0.548. The van der Waals surface area contributed by atoms with Gasteiger partial charge in [0.05, 0.1) is 5.41 Å². The van der Waals surface area contributed by atoms with Crippen LogP contribution in [0, 0.1) is 5.41 Å². The third kappa shape index (κ3) is 5.40. The second kappa shape index (κ2) is 9.95. The number of hydrogen-bond acceptors (Lipinski definition) is 4. The predicted octanol–water partition coefficient (Wildman–Crippen LogP) is 6.28. The molecule has 0 saturated carbocycles. The molecule has 5 nitrogen and oxygen atoms in total. The number of phenols is 1. The van der Waals surface area contributed by atoms with Gasteiger partial charge in [0, 0.05) is 17.8 Å². The number of para-hydroxylation sites is 1. The number of aromatic hydroxyl groups is 1. The number of rotatable bonds is 5. The van der Waals surface area contributed by atoms with Crippen molar-refractivity contribution in [2.24, 2.45) is 5.41 Å². The fourth-order valence-corrected chi connectivity index (χ4v) is 4.58. The van der Waals surface area contributed by atoms with Crippen molar-refractivity contribution in [2.75, 3.05) is 11.4 Å². The minimum Gasteiger partial charge on any atom is -0.508 e. The van der Waals surface area contributed by atoms with Crippen LogP contribution in [0.4, 0.5) is 5.69 Å². The Labute approximate surface area is 207 Å². The Hall–Kier alpha value is -3.60. The van der Waals surface area contributed by atoms with Crippen LogP contribution in [-0.4, -0.2) is 23.5 Å². The summed E-state index contributed by atoms with van der Waals surface area (Å²) in [5.41, 5.74) is 4.55. The average Bonchev–Trinajstić information content (AvgIpc) is 2.84. The zero-order valence-corrected chi connectivity index (χ0v) is 20.9. The lowest BCUT2D eigenvalue weighted by Gasteiger charge is -2.30. The Morgan fingerprint density at radius 1 is 1.00 bits per heavy atom. The molecule has 0 heterocycles. The molecule has 182 valence electrons. The van der Waals surface area contributed by atoms with E-state index < -0.39 is 5.41 Å². The number of esters is 1. The maximum Gasteiger partial charge on any atom is 0.316 e. The molecular weight excluding hydrogens is 438 g/mol. The topological polar surface area (TPSA) is 66.8 Å². The first-order chi connectivity index (χ1) is 16.7. The number of carbonyl (C=O) groups excluding carboxylic acids is 2. The van der Waals surface area contributed by atoms with Gasteiger partial charge in [0.2, 0.25) is 0 Å². The molecule has 0 spiro atoms. The highest BCUT2D eigenvalue weighted by Gasteiger charge is 2.27. The molecule has 1 aliphatic rings.